The van der Waals surface area contributed by atoms with E-state index in [1.54, 1.807) is 37.3 Å². The number of anilines is 2. The van der Waals surface area contributed by atoms with Gasteiger partial charge in [-0.2, -0.15) is 0 Å². The van der Waals surface area contributed by atoms with Gasteiger partial charge in [0.15, 0.2) is 0 Å². The van der Waals surface area contributed by atoms with Crippen LogP contribution in [0.4, 0.5) is 11.4 Å². The van der Waals surface area contributed by atoms with Gasteiger partial charge in [-0.25, -0.2) is 8.42 Å². The van der Waals surface area contributed by atoms with E-state index in [9.17, 15) is 13.2 Å². The highest BCUT2D eigenvalue weighted by molar-refractivity contribution is 7.92. The maximum absolute atomic E-state index is 12.9. The molecule has 0 saturated heterocycles. The summed E-state index contributed by atoms with van der Waals surface area (Å²) in [4.78, 5) is 12.9. The van der Waals surface area contributed by atoms with Crippen LogP contribution >= 0.6 is 0 Å². The molecule has 0 aliphatic rings. The van der Waals surface area contributed by atoms with Gasteiger partial charge in [0.25, 0.3) is 15.9 Å². The Balaban J connectivity index is 1.87. The number of para-hydroxylation sites is 1. The predicted octanol–water partition coefficient (Wildman–Crippen LogP) is 4.62. The van der Waals surface area contributed by atoms with E-state index >= 15 is 0 Å². The van der Waals surface area contributed by atoms with E-state index in [1.165, 1.54) is 19.2 Å². The first kappa shape index (κ1) is 21.4. The molecule has 6 nitrogen and oxygen atoms in total. The van der Waals surface area contributed by atoms with Crippen LogP contribution in [0.1, 0.15) is 28.4 Å². The quantitative estimate of drug-likeness (QED) is 0.580. The first-order valence-corrected chi connectivity index (χ1v) is 11.0. The Morgan fingerprint density at radius 1 is 1.00 bits per heavy atom. The Bertz CT molecular complexity index is 1160. The molecule has 0 atom stereocenters. The Labute approximate surface area is 177 Å². The van der Waals surface area contributed by atoms with Crippen LogP contribution in [-0.4, -0.2) is 21.4 Å². The number of nitrogens with one attached hydrogen (secondary N) is 2. The van der Waals surface area contributed by atoms with Crippen LogP contribution in [0.25, 0.3) is 0 Å². The highest BCUT2D eigenvalue weighted by Crippen LogP contribution is 2.23. The molecule has 0 aromatic heterocycles. The van der Waals surface area contributed by atoms with Crippen molar-refractivity contribution in [2.45, 2.75) is 25.2 Å². The molecule has 0 heterocycles. The average Bonchev–Trinajstić information content (AvgIpc) is 2.74. The second-order valence-corrected chi connectivity index (χ2v) is 8.46. The number of ether oxygens (including phenoxy) is 1. The fraction of sp³-hybridized carbons (Fsp3) is 0.174. The van der Waals surface area contributed by atoms with E-state index < -0.39 is 10.0 Å². The summed E-state index contributed by atoms with van der Waals surface area (Å²) in [7, 11) is -2.32. The fourth-order valence-corrected chi connectivity index (χ4v) is 4.11. The van der Waals surface area contributed by atoms with Gasteiger partial charge in [0.2, 0.25) is 0 Å². The topological polar surface area (TPSA) is 84.5 Å². The number of carbonyl (C=O) groups excluding carboxylic acids is 1. The number of methoxy groups -OCH3 is 1. The molecule has 0 bridgehead atoms. The Morgan fingerprint density at radius 2 is 1.70 bits per heavy atom. The van der Waals surface area contributed by atoms with Gasteiger partial charge in [-0.15, -0.1) is 0 Å². The number of carbonyl (C=O) groups is 1. The first-order valence-electron chi connectivity index (χ1n) is 9.51. The van der Waals surface area contributed by atoms with Crippen molar-refractivity contribution in [3.8, 4) is 5.75 Å². The molecular weight excluding hydrogens is 400 g/mol. The van der Waals surface area contributed by atoms with Crippen molar-refractivity contribution in [3.63, 3.8) is 0 Å². The van der Waals surface area contributed by atoms with E-state index in [1.807, 2.05) is 31.2 Å². The van der Waals surface area contributed by atoms with Crippen molar-refractivity contribution in [2.75, 3.05) is 17.1 Å². The van der Waals surface area contributed by atoms with Gasteiger partial charge in [-0.05, 0) is 66.9 Å². The molecule has 3 rings (SSSR count). The van der Waals surface area contributed by atoms with Crippen LogP contribution in [0.15, 0.2) is 71.6 Å². The van der Waals surface area contributed by atoms with Crippen LogP contribution in [0.2, 0.25) is 0 Å². The Morgan fingerprint density at radius 3 is 2.37 bits per heavy atom. The van der Waals surface area contributed by atoms with Crippen molar-refractivity contribution >= 4 is 27.3 Å². The summed E-state index contributed by atoms with van der Waals surface area (Å²) in [6.07, 6.45) is 0.773. The molecule has 0 fully saturated rings. The Kier molecular flexibility index (Phi) is 6.42. The van der Waals surface area contributed by atoms with Crippen LogP contribution < -0.4 is 14.8 Å². The molecule has 30 heavy (non-hydrogen) atoms. The molecule has 0 spiro atoms. The van der Waals surface area contributed by atoms with E-state index in [-0.39, 0.29) is 10.8 Å². The molecular formula is C23H24N2O4S. The van der Waals surface area contributed by atoms with Crippen molar-refractivity contribution in [2.24, 2.45) is 0 Å². The molecule has 0 saturated carbocycles. The average molecular weight is 425 g/mol. The maximum atomic E-state index is 12.9. The van der Waals surface area contributed by atoms with Gasteiger partial charge in [0.1, 0.15) is 5.75 Å². The van der Waals surface area contributed by atoms with Crippen LogP contribution in [0.3, 0.4) is 0 Å². The summed E-state index contributed by atoms with van der Waals surface area (Å²) >= 11 is 0. The van der Waals surface area contributed by atoms with Gasteiger partial charge < -0.3 is 10.1 Å². The predicted molar refractivity (Wildman–Crippen MR) is 119 cm³/mol. The zero-order chi connectivity index (χ0) is 21.7. The van der Waals surface area contributed by atoms with Gasteiger partial charge >= 0.3 is 0 Å². The number of aryl methyl sites for hydroxylation is 2. The van der Waals surface area contributed by atoms with Crippen LogP contribution in [0.5, 0.6) is 5.75 Å². The number of rotatable bonds is 7. The highest BCUT2D eigenvalue weighted by atomic mass is 32.2. The van der Waals surface area contributed by atoms with Gasteiger partial charge in [0.05, 0.1) is 12.0 Å². The minimum Gasteiger partial charge on any atom is -0.497 e. The number of amides is 1. The molecule has 0 unspecified atom stereocenters. The summed E-state index contributed by atoms with van der Waals surface area (Å²) in [5.41, 5.74) is 3.12. The zero-order valence-corrected chi connectivity index (χ0v) is 17.9. The first-order chi connectivity index (χ1) is 14.3. The number of hydrogen-bond acceptors (Lipinski definition) is 4. The lowest BCUT2D eigenvalue weighted by atomic mass is 10.1. The largest absolute Gasteiger partial charge is 0.497 e. The minimum atomic E-state index is -3.86. The molecule has 3 aromatic rings. The molecule has 7 heteroatoms. The lowest BCUT2D eigenvalue weighted by Gasteiger charge is -2.13. The molecule has 1 amide bonds. The molecule has 0 aliphatic heterocycles. The summed E-state index contributed by atoms with van der Waals surface area (Å²) in [6, 6.07) is 18.6. The highest BCUT2D eigenvalue weighted by Gasteiger charge is 2.19. The van der Waals surface area contributed by atoms with E-state index in [0.29, 0.717) is 28.3 Å². The summed E-state index contributed by atoms with van der Waals surface area (Å²) in [5, 5.41) is 2.89. The third kappa shape index (κ3) is 4.80. The summed E-state index contributed by atoms with van der Waals surface area (Å²) < 4.78 is 33.3. The van der Waals surface area contributed by atoms with Gasteiger partial charge in [-0.3, -0.25) is 9.52 Å². The monoisotopic (exact) mass is 424 g/mol. The normalized spacial score (nSPS) is 11.0. The number of benzene rings is 3. The lowest BCUT2D eigenvalue weighted by molar-refractivity contribution is 0.102. The maximum Gasteiger partial charge on any atom is 0.261 e. The second kappa shape index (κ2) is 9.00. The summed E-state index contributed by atoms with van der Waals surface area (Å²) in [5.74, 6) is 0.273. The molecule has 156 valence electrons. The van der Waals surface area contributed by atoms with Crippen molar-refractivity contribution in [3.05, 3.63) is 83.4 Å². The molecule has 3 aromatic carbocycles. The third-order valence-electron chi connectivity index (χ3n) is 4.75. The van der Waals surface area contributed by atoms with Crippen LogP contribution in [-0.2, 0) is 16.4 Å². The molecule has 2 N–H and O–H groups in total. The van der Waals surface area contributed by atoms with Crippen molar-refractivity contribution in [1.82, 2.24) is 0 Å². The number of hydrogen-bond donors (Lipinski definition) is 2. The van der Waals surface area contributed by atoms with Crippen LogP contribution in [0, 0.1) is 6.92 Å². The lowest BCUT2D eigenvalue weighted by Crippen LogP contribution is -2.17. The number of sulfonamides is 1. The van der Waals surface area contributed by atoms with Gasteiger partial charge in [0, 0.05) is 16.9 Å². The third-order valence-corrected chi connectivity index (χ3v) is 6.13. The minimum absolute atomic E-state index is 0.0119. The Hall–Kier alpha value is -3.32. The SMILES string of the molecule is CCc1ccccc1NC(=O)c1cc(S(=O)(=O)Nc2ccc(OC)cc2)ccc1C. The van der Waals surface area contributed by atoms with E-state index in [4.69, 9.17) is 4.74 Å². The smallest absolute Gasteiger partial charge is 0.261 e. The van der Waals surface area contributed by atoms with Crippen molar-refractivity contribution < 1.29 is 17.9 Å². The molecule has 0 radical (unpaired) electrons. The standard InChI is InChI=1S/C23H24N2O4S/c1-4-17-7-5-6-8-22(17)24-23(26)21-15-20(14-9-16(21)2)30(27,28)25-18-10-12-19(29-3)13-11-18/h5-15,25H,4H2,1-3H3,(H,24,26). The summed E-state index contributed by atoms with van der Waals surface area (Å²) in [6.45, 7) is 3.78. The van der Waals surface area contributed by atoms with E-state index in [0.717, 1.165) is 12.0 Å². The fourth-order valence-electron chi connectivity index (χ4n) is 3.03. The molecule has 0 aliphatic carbocycles. The second-order valence-electron chi connectivity index (χ2n) is 6.78. The zero-order valence-electron chi connectivity index (χ0n) is 17.1. The van der Waals surface area contributed by atoms with E-state index in [2.05, 4.69) is 10.0 Å². The van der Waals surface area contributed by atoms with Gasteiger partial charge in [-0.1, -0.05) is 31.2 Å². The van der Waals surface area contributed by atoms with Crippen molar-refractivity contribution in [1.29, 1.82) is 0 Å².